The first-order chi connectivity index (χ1) is 7.95. The molecule has 0 unspecified atom stereocenters. The first-order valence-corrected chi connectivity index (χ1v) is 7.06. The third-order valence-electron chi connectivity index (χ3n) is 1.54. The molecule has 22 heavy (non-hydrogen) atoms. The molecule has 20 N–H and O–H groups in total. The Kier molecular flexibility index (Phi) is 27.2. The van der Waals surface area contributed by atoms with Crippen molar-refractivity contribution in [2.75, 3.05) is 26.4 Å². The summed E-state index contributed by atoms with van der Waals surface area (Å²) >= 11 is 0. The average molecular weight is 382 g/mol. The maximum absolute atomic E-state index is 9.32. The van der Waals surface area contributed by atoms with Gasteiger partial charge in [-0.2, -0.15) is 0 Å². The molecule has 17 heteroatoms. The second-order valence-electron chi connectivity index (χ2n) is 3.11. The summed E-state index contributed by atoms with van der Waals surface area (Å²) in [6.07, 6.45) is 0. The van der Waals surface area contributed by atoms with Crippen LogP contribution in [0, 0.1) is 5.41 Å². The summed E-state index contributed by atoms with van der Waals surface area (Å²) < 4.78 is 21.2. The summed E-state index contributed by atoms with van der Waals surface area (Å²) in [5, 5.41) is 34.0. The minimum absolute atomic E-state index is 0. The maximum Gasteiger partial charge on any atom is 0.0655 e. The van der Waals surface area contributed by atoms with Gasteiger partial charge in [-0.1, -0.05) is 0 Å². The lowest BCUT2D eigenvalue weighted by atomic mass is 9.93. The number of aliphatic hydroxyl groups is 4. The Morgan fingerprint density at radius 3 is 0.864 bits per heavy atom. The zero-order valence-corrected chi connectivity index (χ0v) is 14.7. The summed E-state index contributed by atoms with van der Waals surface area (Å²) in [6, 6.07) is 0. The highest BCUT2D eigenvalue weighted by molar-refractivity contribution is 7.57. The van der Waals surface area contributed by atoms with E-state index in [2.05, 4.69) is 4.31 Å². The summed E-state index contributed by atoms with van der Waals surface area (Å²) in [4.78, 5) is 37.3. The number of hydrogen-bond acceptors (Lipinski definition) is 11. The minimum Gasteiger partial charge on any atom is -0.790 e. The van der Waals surface area contributed by atoms with E-state index in [0.717, 1.165) is 0 Å². The summed E-state index contributed by atoms with van der Waals surface area (Å²) in [7, 11) is -11.4. The molecule has 0 spiro atoms. The molecule has 0 fully saturated rings. The van der Waals surface area contributed by atoms with Gasteiger partial charge < -0.3 is 78.0 Å². The predicted molar refractivity (Wildman–Crippen MR) is 71.0 cm³/mol. The molecule has 144 valence electrons. The van der Waals surface area contributed by atoms with E-state index in [1.165, 1.54) is 0 Å². The zero-order valence-electron chi connectivity index (χ0n) is 12.9. The van der Waals surface area contributed by atoms with Gasteiger partial charge >= 0.3 is 0 Å². The molecule has 0 heterocycles. The molecular weight excluding hydrogens is 354 g/mol. The van der Waals surface area contributed by atoms with Gasteiger partial charge in [0.15, 0.2) is 0 Å². The van der Waals surface area contributed by atoms with Gasteiger partial charge in [0.25, 0.3) is 0 Å². The average Bonchev–Trinajstić information content (AvgIpc) is 2.17. The molecule has 0 aliphatic rings. The van der Waals surface area contributed by atoms with E-state index in [0.29, 0.717) is 0 Å². The van der Waals surface area contributed by atoms with Gasteiger partial charge in [-0.3, -0.25) is 0 Å². The normalized spacial score (nSPS) is 10.5. The van der Waals surface area contributed by atoms with Gasteiger partial charge in [0.2, 0.25) is 0 Å². The number of hydrogen-bond donors (Lipinski definition) is 8. The van der Waals surface area contributed by atoms with Gasteiger partial charge in [0, 0.05) is 0 Å². The fraction of sp³-hybridized carbons (Fsp3) is 1.00. The predicted octanol–water partition coefficient (Wildman–Crippen LogP) is -3.89. The van der Waals surface area contributed by atoms with Crippen LogP contribution in [-0.2, 0) is 13.4 Å². The van der Waals surface area contributed by atoms with Crippen molar-refractivity contribution in [2.45, 2.75) is 0 Å². The van der Waals surface area contributed by atoms with Crippen LogP contribution in [-0.4, -0.2) is 46.9 Å². The lowest BCUT2D eigenvalue weighted by molar-refractivity contribution is -0.364. The van der Waals surface area contributed by atoms with E-state index < -0.39 is 47.5 Å². The third kappa shape index (κ3) is 22.2. The second kappa shape index (κ2) is 15.8. The van der Waals surface area contributed by atoms with E-state index in [4.69, 9.17) is 20.4 Å². The molecule has 0 aromatic rings. The highest BCUT2D eigenvalue weighted by Crippen LogP contribution is 2.42. The van der Waals surface area contributed by atoms with Crippen LogP contribution < -0.4 is 44.2 Å². The molecule has 0 bridgehead atoms. The lowest BCUT2D eigenvalue weighted by Crippen LogP contribution is -2.37. The molecule has 0 aliphatic carbocycles. The first kappa shape index (κ1) is 37.9. The highest BCUT2D eigenvalue weighted by atomic mass is 31.3. The van der Waals surface area contributed by atoms with E-state index in [-0.39, 0.29) is 24.6 Å². The molecular formula is C5H28N4O11P2. The Morgan fingerprint density at radius 1 is 0.682 bits per heavy atom. The Hall–Kier alpha value is -0.0600. The van der Waals surface area contributed by atoms with Crippen molar-refractivity contribution in [3.05, 3.63) is 0 Å². The molecule has 0 saturated carbocycles. The molecule has 0 aromatic carbocycles. The van der Waals surface area contributed by atoms with E-state index in [9.17, 15) is 28.7 Å². The van der Waals surface area contributed by atoms with Gasteiger partial charge in [-0.05, 0) is 0 Å². The summed E-state index contributed by atoms with van der Waals surface area (Å²) in [5.41, 5.74) is -1.11. The largest absolute Gasteiger partial charge is 0.790 e. The standard InChI is InChI=1S/C5H12O4.4H3N.H4O7P2/c6-1-5(2-7,3-8)4-9;;;;;1-8(2,3)7-9(4,5)6/h6-9H,1-4H2;4*1H3;(H2,1,2,3)(H2,4,5,6). The molecule has 0 amide bonds. The summed E-state index contributed by atoms with van der Waals surface area (Å²) in [6.45, 7) is -1.62. The van der Waals surface area contributed by atoms with E-state index >= 15 is 0 Å². The summed E-state index contributed by atoms with van der Waals surface area (Å²) in [5.74, 6) is 0. The Bertz CT molecular complexity index is 278. The van der Waals surface area contributed by atoms with Gasteiger partial charge in [0.1, 0.15) is 0 Å². The molecule has 0 aliphatic heterocycles. The smallest absolute Gasteiger partial charge is 0.0655 e. The van der Waals surface area contributed by atoms with Crippen molar-refractivity contribution in [2.24, 2.45) is 5.41 Å². The fourth-order valence-electron chi connectivity index (χ4n) is 0.422. The van der Waals surface area contributed by atoms with E-state index in [1.54, 1.807) is 0 Å². The van der Waals surface area contributed by atoms with Crippen LogP contribution in [0.25, 0.3) is 0 Å². The minimum atomic E-state index is -5.68. The van der Waals surface area contributed by atoms with Crippen molar-refractivity contribution < 1.29 is 53.4 Å². The number of aliphatic hydroxyl groups excluding tert-OH is 4. The number of quaternary nitrogens is 4. The molecule has 0 radical (unpaired) electrons. The van der Waals surface area contributed by atoms with Crippen molar-refractivity contribution in [1.82, 2.24) is 24.6 Å². The lowest BCUT2D eigenvalue weighted by Gasteiger charge is -2.39. The van der Waals surface area contributed by atoms with Crippen LogP contribution in [0.15, 0.2) is 0 Å². The monoisotopic (exact) mass is 382 g/mol. The van der Waals surface area contributed by atoms with Crippen molar-refractivity contribution in [3.63, 3.8) is 0 Å². The van der Waals surface area contributed by atoms with Crippen LogP contribution in [0.2, 0.25) is 0 Å². The Balaban J connectivity index is -0.0000000492. The van der Waals surface area contributed by atoms with Crippen LogP contribution >= 0.6 is 15.6 Å². The van der Waals surface area contributed by atoms with Crippen molar-refractivity contribution in [3.8, 4) is 0 Å². The topological polar surface area (TPSA) is 363 Å². The Labute approximate surface area is 126 Å². The molecule has 0 aromatic heterocycles. The van der Waals surface area contributed by atoms with Crippen LogP contribution in [0.3, 0.4) is 0 Å². The van der Waals surface area contributed by atoms with Crippen LogP contribution in [0.1, 0.15) is 0 Å². The van der Waals surface area contributed by atoms with Gasteiger partial charge in [-0.25, -0.2) is 0 Å². The molecule has 0 atom stereocenters. The fourth-order valence-corrected chi connectivity index (χ4v) is 1.40. The first-order valence-electron chi connectivity index (χ1n) is 4.14. The van der Waals surface area contributed by atoms with Gasteiger partial charge in [-0.15, -0.1) is 0 Å². The highest BCUT2D eigenvalue weighted by Gasteiger charge is 2.26. The van der Waals surface area contributed by atoms with Crippen molar-refractivity contribution in [1.29, 1.82) is 0 Å². The van der Waals surface area contributed by atoms with E-state index in [1.807, 2.05) is 0 Å². The van der Waals surface area contributed by atoms with Crippen molar-refractivity contribution >= 4 is 15.6 Å². The maximum atomic E-state index is 9.32. The molecule has 15 nitrogen and oxygen atoms in total. The molecule has 0 rings (SSSR count). The second-order valence-corrected chi connectivity index (χ2v) is 5.55. The Morgan fingerprint density at radius 2 is 0.864 bits per heavy atom. The number of rotatable bonds is 6. The quantitative estimate of drug-likeness (QED) is 0.205. The zero-order chi connectivity index (χ0) is 15.0. The number of phosphoric acid groups is 2. The van der Waals surface area contributed by atoms with Crippen LogP contribution in [0.4, 0.5) is 0 Å². The van der Waals surface area contributed by atoms with Gasteiger partial charge in [0.05, 0.1) is 47.5 Å². The SMILES string of the molecule is O=P([O-])([O-])OP(=O)([O-])[O-].OCC(CO)(CO)CO.[NH4+].[NH4+].[NH4+].[NH4+]. The van der Waals surface area contributed by atoms with Crippen LogP contribution in [0.5, 0.6) is 0 Å². The molecule has 0 saturated heterocycles. The third-order valence-corrected chi connectivity index (χ3v) is 3.14.